The highest BCUT2D eigenvalue weighted by Crippen LogP contribution is 2.26. The molecule has 2 aromatic rings. The largest absolute Gasteiger partial charge is 0.497 e. The molecule has 146 valence electrons. The molecule has 1 unspecified atom stereocenters. The van der Waals surface area contributed by atoms with Crippen LogP contribution in [0.3, 0.4) is 0 Å². The van der Waals surface area contributed by atoms with Gasteiger partial charge in [0.15, 0.2) is 0 Å². The Balaban J connectivity index is 2.14. The highest BCUT2D eigenvalue weighted by Gasteiger charge is 2.21. The van der Waals surface area contributed by atoms with Crippen molar-refractivity contribution in [3.63, 3.8) is 0 Å². The van der Waals surface area contributed by atoms with Crippen molar-refractivity contribution in [2.75, 3.05) is 20.8 Å². The van der Waals surface area contributed by atoms with E-state index in [-0.39, 0.29) is 29.8 Å². The van der Waals surface area contributed by atoms with Gasteiger partial charge in [-0.05, 0) is 43.2 Å². The molecule has 2 rings (SSSR count). The maximum absolute atomic E-state index is 12.4. The molecule has 0 aliphatic rings. The van der Waals surface area contributed by atoms with E-state index in [0.717, 1.165) is 11.1 Å². The first kappa shape index (κ1) is 20.9. The van der Waals surface area contributed by atoms with E-state index in [1.54, 1.807) is 31.4 Å². The number of carbonyl (C=O) groups is 1. The van der Waals surface area contributed by atoms with E-state index in [4.69, 9.17) is 8.92 Å². The first-order chi connectivity index (χ1) is 12.9. The third-order valence-corrected chi connectivity index (χ3v) is 5.54. The van der Waals surface area contributed by atoms with Crippen LogP contribution in [0.2, 0.25) is 0 Å². The summed E-state index contributed by atoms with van der Waals surface area (Å²) in [4.78, 5) is 11.6. The first-order valence-electron chi connectivity index (χ1n) is 8.52. The van der Waals surface area contributed by atoms with Crippen LogP contribution in [0.25, 0.3) is 0 Å². The van der Waals surface area contributed by atoms with Gasteiger partial charge in [0.1, 0.15) is 5.75 Å². The lowest BCUT2D eigenvalue weighted by Gasteiger charge is -2.17. The van der Waals surface area contributed by atoms with Gasteiger partial charge in [-0.1, -0.05) is 29.8 Å². The maximum atomic E-state index is 12.4. The van der Waals surface area contributed by atoms with Crippen LogP contribution < -0.4 is 4.74 Å². The zero-order valence-electron chi connectivity index (χ0n) is 15.7. The van der Waals surface area contributed by atoms with Gasteiger partial charge in [0, 0.05) is 12.3 Å². The van der Waals surface area contributed by atoms with Gasteiger partial charge in [-0.15, -0.1) is 0 Å². The van der Waals surface area contributed by atoms with Crippen LogP contribution in [0.5, 0.6) is 5.75 Å². The Morgan fingerprint density at radius 3 is 2.19 bits per heavy atom. The van der Waals surface area contributed by atoms with Crippen LogP contribution in [0.4, 0.5) is 0 Å². The van der Waals surface area contributed by atoms with E-state index in [2.05, 4.69) is 4.74 Å². The van der Waals surface area contributed by atoms with Gasteiger partial charge >= 0.3 is 5.97 Å². The lowest BCUT2D eigenvalue weighted by Crippen LogP contribution is -2.15. The number of ether oxygens (including phenoxy) is 2. The summed E-state index contributed by atoms with van der Waals surface area (Å²) in [5.74, 6) is 0.0591. The second kappa shape index (κ2) is 9.53. The monoisotopic (exact) mass is 392 g/mol. The standard InChI is InChI=1S/C20H24O6S/c1-15-4-11-19(12-5-15)27(22,23)26-14-17(8-13-20(21)25-3)16-6-9-18(24-2)10-7-16/h4-7,9-12,17H,8,13-14H2,1-3H3. The molecule has 0 spiro atoms. The Labute approximate surface area is 160 Å². The third kappa shape index (κ3) is 6.08. The van der Waals surface area contributed by atoms with Crippen LogP contribution in [0.15, 0.2) is 53.4 Å². The normalized spacial score (nSPS) is 12.4. The van der Waals surface area contributed by atoms with E-state index in [1.807, 2.05) is 19.1 Å². The van der Waals surface area contributed by atoms with Crippen molar-refractivity contribution in [3.05, 3.63) is 59.7 Å². The van der Waals surface area contributed by atoms with E-state index < -0.39 is 10.1 Å². The molecule has 0 saturated carbocycles. The molecule has 0 fully saturated rings. The van der Waals surface area contributed by atoms with Crippen molar-refractivity contribution in [1.82, 2.24) is 0 Å². The van der Waals surface area contributed by atoms with Gasteiger partial charge in [0.05, 0.1) is 25.7 Å². The summed E-state index contributed by atoms with van der Waals surface area (Å²) in [6, 6.07) is 13.7. The lowest BCUT2D eigenvalue weighted by molar-refractivity contribution is -0.140. The van der Waals surface area contributed by atoms with Crippen molar-refractivity contribution in [2.45, 2.75) is 30.6 Å². The summed E-state index contributed by atoms with van der Waals surface area (Å²) in [5, 5.41) is 0. The molecule has 0 bridgehead atoms. The molecular weight excluding hydrogens is 368 g/mol. The summed E-state index contributed by atoms with van der Waals surface area (Å²) < 4.78 is 40.0. The van der Waals surface area contributed by atoms with Crippen LogP contribution in [0, 0.1) is 6.92 Å². The fourth-order valence-electron chi connectivity index (χ4n) is 2.56. The smallest absolute Gasteiger partial charge is 0.305 e. The quantitative estimate of drug-likeness (QED) is 0.480. The van der Waals surface area contributed by atoms with Gasteiger partial charge in [-0.3, -0.25) is 8.98 Å². The minimum Gasteiger partial charge on any atom is -0.497 e. The summed E-state index contributed by atoms with van der Waals surface area (Å²) >= 11 is 0. The number of carbonyl (C=O) groups excluding carboxylic acids is 1. The molecule has 7 heteroatoms. The van der Waals surface area contributed by atoms with E-state index in [0.29, 0.717) is 12.2 Å². The molecule has 0 amide bonds. The van der Waals surface area contributed by atoms with Crippen molar-refractivity contribution >= 4 is 16.1 Å². The summed E-state index contributed by atoms with van der Waals surface area (Å²) in [6.45, 7) is 1.81. The Morgan fingerprint density at radius 1 is 1.00 bits per heavy atom. The fourth-order valence-corrected chi connectivity index (χ4v) is 3.51. The Bertz CT molecular complexity index is 841. The van der Waals surface area contributed by atoms with Crippen molar-refractivity contribution < 1.29 is 26.9 Å². The first-order valence-corrected chi connectivity index (χ1v) is 9.93. The predicted molar refractivity (Wildman–Crippen MR) is 101 cm³/mol. The minimum absolute atomic E-state index is 0.0699. The minimum atomic E-state index is -3.88. The third-order valence-electron chi connectivity index (χ3n) is 4.25. The maximum Gasteiger partial charge on any atom is 0.305 e. The molecule has 0 N–H and O–H groups in total. The average molecular weight is 392 g/mol. The fraction of sp³-hybridized carbons (Fsp3) is 0.350. The average Bonchev–Trinajstić information content (AvgIpc) is 2.68. The molecule has 27 heavy (non-hydrogen) atoms. The molecular formula is C20H24O6S. The van der Waals surface area contributed by atoms with Gasteiger partial charge in [-0.25, -0.2) is 0 Å². The number of methoxy groups -OCH3 is 2. The van der Waals surface area contributed by atoms with Crippen LogP contribution in [0.1, 0.15) is 29.9 Å². The van der Waals surface area contributed by atoms with Crippen molar-refractivity contribution in [1.29, 1.82) is 0 Å². The van der Waals surface area contributed by atoms with Gasteiger partial charge in [0.2, 0.25) is 0 Å². The zero-order chi connectivity index (χ0) is 19.9. The molecule has 0 aliphatic heterocycles. The van der Waals surface area contributed by atoms with Gasteiger partial charge < -0.3 is 9.47 Å². The van der Waals surface area contributed by atoms with Crippen LogP contribution >= 0.6 is 0 Å². The van der Waals surface area contributed by atoms with E-state index in [9.17, 15) is 13.2 Å². The number of hydrogen-bond acceptors (Lipinski definition) is 6. The van der Waals surface area contributed by atoms with Crippen molar-refractivity contribution in [3.8, 4) is 5.75 Å². The highest BCUT2D eigenvalue weighted by molar-refractivity contribution is 7.86. The van der Waals surface area contributed by atoms with E-state index in [1.165, 1.54) is 19.2 Å². The summed E-state index contributed by atoms with van der Waals surface area (Å²) in [6.07, 6.45) is 0.573. The number of aryl methyl sites for hydroxylation is 1. The topological polar surface area (TPSA) is 78.9 Å². The summed E-state index contributed by atoms with van der Waals surface area (Å²) in [5.41, 5.74) is 1.82. The Kier molecular flexibility index (Phi) is 7.38. The molecule has 2 aromatic carbocycles. The second-order valence-electron chi connectivity index (χ2n) is 6.14. The number of benzene rings is 2. The van der Waals surface area contributed by atoms with E-state index >= 15 is 0 Å². The number of esters is 1. The zero-order valence-corrected chi connectivity index (χ0v) is 16.5. The molecule has 6 nitrogen and oxygen atoms in total. The molecule has 0 saturated heterocycles. The molecule has 1 atom stereocenters. The number of rotatable bonds is 9. The van der Waals surface area contributed by atoms with Gasteiger partial charge in [0.25, 0.3) is 10.1 Å². The molecule has 0 radical (unpaired) electrons. The lowest BCUT2D eigenvalue weighted by atomic mass is 9.95. The van der Waals surface area contributed by atoms with Gasteiger partial charge in [-0.2, -0.15) is 8.42 Å². The highest BCUT2D eigenvalue weighted by atomic mass is 32.2. The second-order valence-corrected chi connectivity index (χ2v) is 7.75. The predicted octanol–water partition coefficient (Wildman–Crippen LogP) is 3.45. The SMILES string of the molecule is COC(=O)CCC(COS(=O)(=O)c1ccc(C)cc1)c1ccc(OC)cc1. The number of hydrogen-bond donors (Lipinski definition) is 0. The molecule has 0 aliphatic carbocycles. The molecule has 0 aromatic heterocycles. The van der Waals surface area contributed by atoms with Crippen LogP contribution in [-0.2, 0) is 23.8 Å². The van der Waals surface area contributed by atoms with Crippen molar-refractivity contribution in [2.24, 2.45) is 0 Å². The Morgan fingerprint density at radius 2 is 1.63 bits per heavy atom. The van der Waals surface area contributed by atoms with Crippen LogP contribution in [-0.4, -0.2) is 35.2 Å². The Hall–Kier alpha value is -2.38. The summed E-state index contributed by atoms with van der Waals surface area (Å²) in [7, 11) is -0.985. The molecule has 0 heterocycles.